The van der Waals surface area contributed by atoms with Crippen molar-refractivity contribution in [1.82, 2.24) is 5.32 Å². The molecule has 2 aliphatic rings. The van der Waals surface area contributed by atoms with Gasteiger partial charge in [-0.2, -0.15) is 0 Å². The maximum atomic E-state index is 12.6. The van der Waals surface area contributed by atoms with E-state index in [-0.39, 0.29) is 11.7 Å². The van der Waals surface area contributed by atoms with Gasteiger partial charge in [0.05, 0.1) is 14.2 Å². The summed E-state index contributed by atoms with van der Waals surface area (Å²) in [6, 6.07) is 3.81. The maximum Gasteiger partial charge on any atom is 0.166 e. The van der Waals surface area contributed by atoms with Crippen LogP contribution in [0.3, 0.4) is 0 Å². The van der Waals surface area contributed by atoms with E-state index in [1.54, 1.807) is 14.2 Å². The number of benzene rings is 1. The molecule has 1 aliphatic heterocycles. The molecule has 0 amide bonds. The smallest absolute Gasteiger partial charge is 0.166 e. The SMILES string of the molecule is COc1cc2c(cc1OC)C(=O)[C@@H](CC1CCNCC1)C2. The van der Waals surface area contributed by atoms with Crippen LogP contribution in [0.25, 0.3) is 0 Å². The number of carbonyl (C=O) groups excluding carboxylic acids is 1. The van der Waals surface area contributed by atoms with Crippen molar-refractivity contribution in [2.75, 3.05) is 27.3 Å². The van der Waals surface area contributed by atoms with E-state index < -0.39 is 0 Å². The Hall–Kier alpha value is -1.55. The lowest BCUT2D eigenvalue weighted by Gasteiger charge is -2.24. The molecule has 114 valence electrons. The maximum absolute atomic E-state index is 12.6. The van der Waals surface area contributed by atoms with Crippen molar-refractivity contribution in [2.45, 2.75) is 25.7 Å². The van der Waals surface area contributed by atoms with Crippen LogP contribution < -0.4 is 14.8 Å². The first-order valence-corrected chi connectivity index (χ1v) is 7.72. The highest BCUT2D eigenvalue weighted by atomic mass is 16.5. The minimum atomic E-state index is 0.139. The van der Waals surface area contributed by atoms with Gasteiger partial charge in [0.2, 0.25) is 0 Å². The highest BCUT2D eigenvalue weighted by molar-refractivity contribution is 6.02. The monoisotopic (exact) mass is 289 g/mol. The van der Waals surface area contributed by atoms with Crippen LogP contribution in [-0.4, -0.2) is 33.1 Å². The van der Waals surface area contributed by atoms with E-state index in [4.69, 9.17) is 9.47 Å². The van der Waals surface area contributed by atoms with E-state index in [2.05, 4.69) is 5.32 Å². The number of hydrogen-bond acceptors (Lipinski definition) is 4. The summed E-state index contributed by atoms with van der Waals surface area (Å²) in [4.78, 5) is 12.6. The third kappa shape index (κ3) is 2.77. The molecule has 21 heavy (non-hydrogen) atoms. The zero-order chi connectivity index (χ0) is 14.8. The van der Waals surface area contributed by atoms with E-state index >= 15 is 0 Å². The number of carbonyl (C=O) groups is 1. The van der Waals surface area contributed by atoms with Crippen LogP contribution in [0, 0.1) is 11.8 Å². The third-order valence-corrected chi connectivity index (χ3v) is 4.79. The summed E-state index contributed by atoms with van der Waals surface area (Å²) >= 11 is 0. The summed E-state index contributed by atoms with van der Waals surface area (Å²) in [5, 5.41) is 3.38. The van der Waals surface area contributed by atoms with Crippen LogP contribution in [-0.2, 0) is 6.42 Å². The minimum Gasteiger partial charge on any atom is -0.493 e. The number of ether oxygens (including phenoxy) is 2. The molecule has 0 bridgehead atoms. The molecular formula is C17H23NO3. The summed E-state index contributed by atoms with van der Waals surface area (Å²) in [5.74, 6) is 2.46. The topological polar surface area (TPSA) is 47.6 Å². The molecular weight excluding hydrogens is 266 g/mol. The Morgan fingerprint density at radius 2 is 1.81 bits per heavy atom. The van der Waals surface area contributed by atoms with Gasteiger partial charge in [-0.15, -0.1) is 0 Å². The Morgan fingerprint density at radius 3 is 2.48 bits per heavy atom. The number of methoxy groups -OCH3 is 2. The molecule has 0 aromatic heterocycles. The van der Waals surface area contributed by atoms with Gasteiger partial charge in [0.25, 0.3) is 0 Å². The summed E-state index contributed by atoms with van der Waals surface area (Å²) in [6.45, 7) is 2.17. The van der Waals surface area contributed by atoms with E-state index in [1.807, 2.05) is 12.1 Å². The van der Waals surface area contributed by atoms with E-state index in [0.29, 0.717) is 17.4 Å². The van der Waals surface area contributed by atoms with Gasteiger partial charge >= 0.3 is 0 Å². The predicted octanol–water partition coefficient (Wildman–Crippen LogP) is 2.45. The zero-order valence-corrected chi connectivity index (χ0v) is 12.8. The Kier molecular flexibility index (Phi) is 4.15. The number of rotatable bonds is 4. The fourth-order valence-corrected chi connectivity index (χ4v) is 3.61. The van der Waals surface area contributed by atoms with E-state index in [9.17, 15) is 4.79 Å². The van der Waals surface area contributed by atoms with Gasteiger partial charge in [-0.3, -0.25) is 4.79 Å². The second-order valence-electron chi connectivity index (χ2n) is 6.06. The van der Waals surface area contributed by atoms with Crippen molar-refractivity contribution in [3.05, 3.63) is 23.3 Å². The van der Waals surface area contributed by atoms with Crippen molar-refractivity contribution in [3.63, 3.8) is 0 Å². The van der Waals surface area contributed by atoms with Crippen LogP contribution in [0.1, 0.15) is 35.2 Å². The molecule has 1 aliphatic carbocycles. The van der Waals surface area contributed by atoms with Crippen molar-refractivity contribution >= 4 is 5.78 Å². The van der Waals surface area contributed by atoms with Gasteiger partial charge in [-0.25, -0.2) is 0 Å². The van der Waals surface area contributed by atoms with Crippen molar-refractivity contribution in [3.8, 4) is 11.5 Å². The fourth-order valence-electron chi connectivity index (χ4n) is 3.61. The van der Waals surface area contributed by atoms with Crippen LogP contribution in [0.5, 0.6) is 11.5 Å². The molecule has 1 heterocycles. The zero-order valence-electron chi connectivity index (χ0n) is 12.8. The first-order valence-electron chi connectivity index (χ1n) is 7.72. The molecule has 1 aromatic carbocycles. The summed E-state index contributed by atoms with van der Waals surface area (Å²) in [7, 11) is 3.24. The fraction of sp³-hybridized carbons (Fsp3) is 0.588. The summed E-state index contributed by atoms with van der Waals surface area (Å²) in [6.07, 6.45) is 4.23. The quantitative estimate of drug-likeness (QED) is 0.925. The van der Waals surface area contributed by atoms with Gasteiger partial charge in [-0.05, 0) is 62.4 Å². The second kappa shape index (κ2) is 6.06. The minimum absolute atomic E-state index is 0.139. The molecule has 0 unspecified atom stereocenters. The first-order chi connectivity index (χ1) is 10.2. The van der Waals surface area contributed by atoms with Crippen LogP contribution in [0.2, 0.25) is 0 Å². The Labute approximate surface area is 125 Å². The molecule has 3 rings (SSSR count). The second-order valence-corrected chi connectivity index (χ2v) is 6.06. The molecule has 1 saturated heterocycles. The lowest BCUT2D eigenvalue weighted by atomic mass is 9.86. The molecule has 4 nitrogen and oxygen atoms in total. The number of piperidine rings is 1. The largest absolute Gasteiger partial charge is 0.493 e. The van der Waals surface area contributed by atoms with Crippen LogP contribution in [0.15, 0.2) is 12.1 Å². The third-order valence-electron chi connectivity index (χ3n) is 4.79. The highest BCUT2D eigenvalue weighted by Crippen LogP contribution is 2.39. The molecule has 0 saturated carbocycles. The van der Waals surface area contributed by atoms with Crippen molar-refractivity contribution in [2.24, 2.45) is 11.8 Å². The molecule has 1 atom stereocenters. The Morgan fingerprint density at radius 1 is 1.14 bits per heavy atom. The first kappa shape index (κ1) is 14.4. The number of fused-ring (bicyclic) bond motifs is 1. The van der Waals surface area contributed by atoms with Crippen molar-refractivity contribution < 1.29 is 14.3 Å². The average molecular weight is 289 g/mol. The normalized spacial score (nSPS) is 22.2. The Bertz CT molecular complexity index is 535. The van der Waals surface area contributed by atoms with E-state index in [1.165, 1.54) is 12.8 Å². The van der Waals surface area contributed by atoms with Gasteiger partial charge in [0.15, 0.2) is 17.3 Å². The van der Waals surface area contributed by atoms with Gasteiger partial charge < -0.3 is 14.8 Å². The standard InChI is InChI=1S/C17H23NO3/c1-20-15-9-12-8-13(7-11-3-5-18-6-4-11)17(19)14(12)10-16(15)21-2/h9-11,13,18H,3-8H2,1-2H3/t13-/m0/s1. The molecule has 1 N–H and O–H groups in total. The number of Topliss-reactive ketones (excluding diaryl/α,β-unsaturated/α-hetero) is 1. The summed E-state index contributed by atoms with van der Waals surface area (Å²) < 4.78 is 10.6. The van der Waals surface area contributed by atoms with Crippen LogP contribution in [0.4, 0.5) is 0 Å². The van der Waals surface area contributed by atoms with Crippen molar-refractivity contribution in [1.29, 1.82) is 0 Å². The van der Waals surface area contributed by atoms with Gasteiger partial charge in [-0.1, -0.05) is 0 Å². The predicted molar refractivity (Wildman–Crippen MR) is 81.3 cm³/mol. The molecule has 0 radical (unpaired) electrons. The van der Waals surface area contributed by atoms with E-state index in [0.717, 1.165) is 37.1 Å². The average Bonchev–Trinajstić information content (AvgIpc) is 2.82. The lowest BCUT2D eigenvalue weighted by molar-refractivity contribution is 0.0913. The molecule has 4 heteroatoms. The van der Waals surface area contributed by atoms with Gasteiger partial charge in [0.1, 0.15) is 0 Å². The molecule has 1 aromatic rings. The lowest BCUT2D eigenvalue weighted by Crippen LogP contribution is -2.29. The summed E-state index contributed by atoms with van der Waals surface area (Å²) in [5.41, 5.74) is 1.93. The highest BCUT2D eigenvalue weighted by Gasteiger charge is 2.33. The molecule has 1 fully saturated rings. The Balaban J connectivity index is 1.78. The van der Waals surface area contributed by atoms with Crippen LogP contribution >= 0.6 is 0 Å². The number of hydrogen-bond donors (Lipinski definition) is 1. The molecule has 0 spiro atoms. The number of nitrogens with one attached hydrogen (secondary N) is 1. The van der Waals surface area contributed by atoms with Gasteiger partial charge in [0, 0.05) is 11.5 Å². The number of ketones is 1.